The van der Waals surface area contributed by atoms with E-state index in [4.69, 9.17) is 14.9 Å². The molecule has 5 nitrogen and oxygen atoms in total. The molecule has 0 aromatic heterocycles. The Balaban J connectivity index is 2.63. The molecule has 0 spiro atoms. The summed E-state index contributed by atoms with van der Waals surface area (Å²) in [5.74, 6) is 0.541. The maximum absolute atomic E-state index is 12.2. The Labute approximate surface area is 119 Å². The number of benzene rings is 1. The minimum Gasteiger partial charge on any atom is -0.494 e. The quantitative estimate of drug-likeness (QED) is 0.669. The van der Waals surface area contributed by atoms with E-state index in [0.29, 0.717) is 12.2 Å². The predicted octanol–water partition coefficient (Wildman–Crippen LogP) is 1.29. The van der Waals surface area contributed by atoms with Gasteiger partial charge in [-0.25, -0.2) is 0 Å². The molecular formula is C15H23NO4. The zero-order valence-electron chi connectivity index (χ0n) is 11.9. The van der Waals surface area contributed by atoms with Gasteiger partial charge in [-0.2, -0.15) is 0 Å². The topological polar surface area (TPSA) is 70.0 Å². The average molecular weight is 281 g/mol. The van der Waals surface area contributed by atoms with E-state index in [1.54, 1.807) is 24.3 Å². The lowest BCUT2D eigenvalue weighted by molar-refractivity contribution is 0.0685. The zero-order chi connectivity index (χ0) is 14.8. The SMILES string of the molecule is CCCCOc1ccc(C(=O)N(CCO)CCO)cc1. The highest BCUT2D eigenvalue weighted by Gasteiger charge is 2.14. The molecule has 2 N–H and O–H groups in total. The van der Waals surface area contributed by atoms with Gasteiger partial charge in [-0.1, -0.05) is 13.3 Å². The standard InChI is InChI=1S/C15H23NO4/c1-2-3-12-20-14-6-4-13(5-7-14)15(19)16(8-10-17)9-11-18/h4-7,17-18H,2-3,8-12H2,1H3. The van der Waals surface area contributed by atoms with Crippen molar-refractivity contribution in [3.8, 4) is 5.75 Å². The molecule has 20 heavy (non-hydrogen) atoms. The van der Waals surface area contributed by atoms with Gasteiger partial charge in [-0.3, -0.25) is 4.79 Å². The summed E-state index contributed by atoms with van der Waals surface area (Å²) in [5.41, 5.74) is 0.523. The molecule has 0 aliphatic rings. The Kier molecular flexibility index (Phi) is 7.69. The number of nitrogens with zero attached hydrogens (tertiary/aromatic N) is 1. The number of amides is 1. The number of hydrogen-bond donors (Lipinski definition) is 2. The summed E-state index contributed by atoms with van der Waals surface area (Å²) in [7, 11) is 0. The molecule has 1 aromatic carbocycles. The molecule has 112 valence electrons. The number of unbranched alkanes of at least 4 members (excludes halogenated alkanes) is 1. The van der Waals surface area contributed by atoms with Gasteiger partial charge in [0.25, 0.3) is 5.91 Å². The van der Waals surface area contributed by atoms with Crippen LogP contribution in [0.15, 0.2) is 24.3 Å². The van der Waals surface area contributed by atoms with Crippen molar-refractivity contribution in [2.75, 3.05) is 32.9 Å². The van der Waals surface area contributed by atoms with Crippen LogP contribution in [0.5, 0.6) is 5.75 Å². The third-order valence-corrected chi connectivity index (χ3v) is 2.89. The van der Waals surface area contributed by atoms with E-state index in [0.717, 1.165) is 18.6 Å². The molecule has 0 heterocycles. The molecule has 0 saturated heterocycles. The Morgan fingerprint density at radius 1 is 1.15 bits per heavy atom. The molecule has 0 radical (unpaired) electrons. The van der Waals surface area contributed by atoms with Crippen LogP contribution in [0.25, 0.3) is 0 Å². The molecule has 1 rings (SSSR count). The fourth-order valence-electron chi connectivity index (χ4n) is 1.77. The number of aliphatic hydroxyl groups excluding tert-OH is 2. The van der Waals surface area contributed by atoms with Gasteiger partial charge in [0.2, 0.25) is 0 Å². The first-order valence-electron chi connectivity index (χ1n) is 6.96. The van der Waals surface area contributed by atoms with Crippen LogP contribution in [0, 0.1) is 0 Å². The number of rotatable bonds is 9. The van der Waals surface area contributed by atoms with Crippen molar-refractivity contribution in [1.29, 1.82) is 0 Å². The van der Waals surface area contributed by atoms with Gasteiger partial charge in [-0.15, -0.1) is 0 Å². The van der Waals surface area contributed by atoms with Gasteiger partial charge in [-0.05, 0) is 30.7 Å². The second-order valence-corrected chi connectivity index (χ2v) is 4.47. The van der Waals surface area contributed by atoms with E-state index in [9.17, 15) is 4.79 Å². The molecule has 0 aliphatic carbocycles. The summed E-state index contributed by atoms with van der Waals surface area (Å²) in [5, 5.41) is 17.9. The van der Waals surface area contributed by atoms with Gasteiger partial charge in [0.15, 0.2) is 0 Å². The Morgan fingerprint density at radius 2 is 1.75 bits per heavy atom. The van der Waals surface area contributed by atoms with Crippen LogP contribution in [0.1, 0.15) is 30.1 Å². The van der Waals surface area contributed by atoms with Crippen LogP contribution in [-0.2, 0) is 0 Å². The molecule has 5 heteroatoms. The van der Waals surface area contributed by atoms with E-state index in [1.807, 2.05) is 0 Å². The average Bonchev–Trinajstić information content (AvgIpc) is 2.47. The van der Waals surface area contributed by atoms with Crippen molar-refractivity contribution in [2.24, 2.45) is 0 Å². The molecular weight excluding hydrogens is 258 g/mol. The highest BCUT2D eigenvalue weighted by Crippen LogP contribution is 2.14. The third-order valence-electron chi connectivity index (χ3n) is 2.89. The molecule has 0 saturated carbocycles. The van der Waals surface area contributed by atoms with Crippen molar-refractivity contribution in [2.45, 2.75) is 19.8 Å². The van der Waals surface area contributed by atoms with Gasteiger partial charge in [0.05, 0.1) is 19.8 Å². The number of aliphatic hydroxyl groups is 2. The van der Waals surface area contributed by atoms with Crippen molar-refractivity contribution in [3.63, 3.8) is 0 Å². The third kappa shape index (κ3) is 5.19. The summed E-state index contributed by atoms with van der Waals surface area (Å²) in [6.07, 6.45) is 2.08. The minimum atomic E-state index is -0.201. The van der Waals surface area contributed by atoms with E-state index in [1.165, 1.54) is 4.90 Å². The number of carbonyl (C=O) groups excluding carboxylic acids is 1. The van der Waals surface area contributed by atoms with Crippen molar-refractivity contribution < 1.29 is 19.7 Å². The fourth-order valence-corrected chi connectivity index (χ4v) is 1.77. The molecule has 0 unspecified atom stereocenters. The maximum atomic E-state index is 12.2. The Morgan fingerprint density at radius 3 is 2.25 bits per heavy atom. The maximum Gasteiger partial charge on any atom is 0.254 e. The van der Waals surface area contributed by atoms with Crippen LogP contribution in [0.3, 0.4) is 0 Å². The number of carbonyl (C=O) groups is 1. The van der Waals surface area contributed by atoms with Crippen LogP contribution < -0.4 is 4.74 Å². The molecule has 1 amide bonds. The largest absolute Gasteiger partial charge is 0.494 e. The van der Waals surface area contributed by atoms with Crippen molar-refractivity contribution in [3.05, 3.63) is 29.8 Å². The second-order valence-electron chi connectivity index (χ2n) is 4.47. The molecule has 0 aliphatic heterocycles. The van der Waals surface area contributed by atoms with Gasteiger partial charge in [0, 0.05) is 18.7 Å². The number of ether oxygens (including phenoxy) is 1. The lowest BCUT2D eigenvalue weighted by Crippen LogP contribution is -2.35. The van der Waals surface area contributed by atoms with Gasteiger partial charge in [0.1, 0.15) is 5.75 Å². The van der Waals surface area contributed by atoms with Crippen LogP contribution in [0.4, 0.5) is 0 Å². The van der Waals surface area contributed by atoms with E-state index in [-0.39, 0.29) is 32.2 Å². The van der Waals surface area contributed by atoms with Crippen LogP contribution in [0.2, 0.25) is 0 Å². The van der Waals surface area contributed by atoms with Gasteiger partial charge < -0.3 is 19.8 Å². The van der Waals surface area contributed by atoms with Crippen LogP contribution in [-0.4, -0.2) is 53.9 Å². The predicted molar refractivity (Wildman–Crippen MR) is 76.9 cm³/mol. The second kappa shape index (κ2) is 9.34. The first-order chi connectivity index (χ1) is 9.72. The molecule has 1 aromatic rings. The summed E-state index contributed by atoms with van der Waals surface area (Å²) >= 11 is 0. The molecule has 0 fully saturated rings. The first-order valence-corrected chi connectivity index (χ1v) is 6.96. The molecule has 0 bridgehead atoms. The lowest BCUT2D eigenvalue weighted by atomic mass is 10.2. The molecule has 0 atom stereocenters. The Bertz CT molecular complexity index is 385. The summed E-state index contributed by atoms with van der Waals surface area (Å²) in [4.78, 5) is 13.6. The van der Waals surface area contributed by atoms with Crippen molar-refractivity contribution in [1.82, 2.24) is 4.90 Å². The summed E-state index contributed by atoms with van der Waals surface area (Å²) < 4.78 is 5.53. The summed E-state index contributed by atoms with van der Waals surface area (Å²) in [6.45, 7) is 2.96. The van der Waals surface area contributed by atoms with Crippen LogP contribution >= 0.6 is 0 Å². The monoisotopic (exact) mass is 281 g/mol. The highest BCUT2D eigenvalue weighted by molar-refractivity contribution is 5.94. The Hall–Kier alpha value is -1.59. The first kappa shape index (κ1) is 16.5. The zero-order valence-corrected chi connectivity index (χ0v) is 11.9. The number of hydrogen-bond acceptors (Lipinski definition) is 4. The summed E-state index contributed by atoms with van der Waals surface area (Å²) in [6, 6.07) is 6.93. The smallest absolute Gasteiger partial charge is 0.254 e. The van der Waals surface area contributed by atoms with Gasteiger partial charge >= 0.3 is 0 Å². The fraction of sp³-hybridized carbons (Fsp3) is 0.533. The van der Waals surface area contributed by atoms with E-state index < -0.39 is 0 Å². The lowest BCUT2D eigenvalue weighted by Gasteiger charge is -2.20. The minimum absolute atomic E-state index is 0.121. The normalized spacial score (nSPS) is 10.3. The van der Waals surface area contributed by atoms with Crippen molar-refractivity contribution >= 4 is 5.91 Å². The highest BCUT2D eigenvalue weighted by atomic mass is 16.5. The van der Waals surface area contributed by atoms with E-state index in [2.05, 4.69) is 6.92 Å². The van der Waals surface area contributed by atoms with E-state index >= 15 is 0 Å².